The highest BCUT2D eigenvalue weighted by Crippen LogP contribution is 2.28. The van der Waals surface area contributed by atoms with Gasteiger partial charge in [-0.2, -0.15) is 5.10 Å². The Hall–Kier alpha value is -2.04. The molecule has 0 aliphatic rings. The molecule has 1 aromatic carbocycles. The summed E-state index contributed by atoms with van der Waals surface area (Å²) in [7, 11) is 0. The Balaban J connectivity index is 2.17. The summed E-state index contributed by atoms with van der Waals surface area (Å²) < 4.78 is 3.15. The van der Waals surface area contributed by atoms with Crippen LogP contribution >= 0.6 is 11.3 Å². The summed E-state index contributed by atoms with van der Waals surface area (Å²) in [6, 6.07) is 6.29. The summed E-state index contributed by atoms with van der Waals surface area (Å²) >= 11 is 1.72. The van der Waals surface area contributed by atoms with Gasteiger partial charge in [-0.15, -0.1) is 11.3 Å². The van der Waals surface area contributed by atoms with Crippen molar-refractivity contribution in [2.45, 2.75) is 6.54 Å². The zero-order valence-corrected chi connectivity index (χ0v) is 9.76. The van der Waals surface area contributed by atoms with Crippen molar-refractivity contribution in [3.05, 3.63) is 40.2 Å². The second-order valence-corrected chi connectivity index (χ2v) is 4.61. The van der Waals surface area contributed by atoms with Crippen molar-refractivity contribution in [1.29, 1.82) is 0 Å². The van der Waals surface area contributed by atoms with Gasteiger partial charge in [0.1, 0.15) is 0 Å². The Morgan fingerprint density at radius 3 is 3.24 bits per heavy atom. The van der Waals surface area contributed by atoms with Crippen LogP contribution in [0.2, 0.25) is 0 Å². The van der Waals surface area contributed by atoms with Crippen LogP contribution < -0.4 is 0 Å². The molecule has 0 unspecified atom stereocenters. The standard InChI is InChI=1S/C11H9N5S/c12-15-13-4-5-16-11-8(7-14-16)1-2-10-9(11)3-6-17-10/h1-3,6-7H,4-5H2. The molecule has 2 heterocycles. The first-order valence-electron chi connectivity index (χ1n) is 5.23. The first kappa shape index (κ1) is 10.1. The van der Waals surface area contributed by atoms with E-state index in [9.17, 15) is 0 Å². The van der Waals surface area contributed by atoms with Crippen LogP contribution in [-0.4, -0.2) is 16.3 Å². The fraction of sp³-hybridized carbons (Fsp3) is 0.182. The molecule has 2 aromatic heterocycles. The van der Waals surface area contributed by atoms with E-state index in [1.54, 1.807) is 11.3 Å². The summed E-state index contributed by atoms with van der Waals surface area (Å²) in [5.74, 6) is 0. The molecular formula is C11H9N5S. The molecule has 0 amide bonds. The topological polar surface area (TPSA) is 66.6 Å². The molecular weight excluding hydrogens is 234 g/mol. The molecule has 0 saturated carbocycles. The van der Waals surface area contributed by atoms with Gasteiger partial charge in [-0.25, -0.2) is 0 Å². The predicted molar refractivity (Wildman–Crippen MR) is 69.1 cm³/mol. The summed E-state index contributed by atoms with van der Waals surface area (Å²) in [4.78, 5) is 2.75. The molecule has 0 atom stereocenters. The van der Waals surface area contributed by atoms with E-state index in [1.807, 2.05) is 10.9 Å². The Morgan fingerprint density at radius 1 is 1.41 bits per heavy atom. The lowest BCUT2D eigenvalue weighted by molar-refractivity contribution is 0.646. The molecule has 0 aliphatic carbocycles. The molecule has 0 fully saturated rings. The normalized spacial score (nSPS) is 10.8. The van der Waals surface area contributed by atoms with Crippen LogP contribution in [0.15, 0.2) is 34.9 Å². The van der Waals surface area contributed by atoms with Gasteiger partial charge in [0, 0.05) is 33.5 Å². The van der Waals surface area contributed by atoms with Gasteiger partial charge in [0.2, 0.25) is 0 Å². The lowest BCUT2D eigenvalue weighted by Gasteiger charge is -2.01. The molecule has 6 heteroatoms. The summed E-state index contributed by atoms with van der Waals surface area (Å²) in [5.41, 5.74) is 9.40. The van der Waals surface area contributed by atoms with Gasteiger partial charge in [0.05, 0.1) is 11.7 Å². The zero-order valence-electron chi connectivity index (χ0n) is 8.95. The van der Waals surface area contributed by atoms with Crippen molar-refractivity contribution in [3.63, 3.8) is 0 Å². The SMILES string of the molecule is [N-]=[N+]=NCCn1ncc2ccc3sccc3c21. The Bertz CT molecular complexity index is 720. The highest BCUT2D eigenvalue weighted by molar-refractivity contribution is 7.17. The first-order chi connectivity index (χ1) is 8.40. The van der Waals surface area contributed by atoms with Crippen molar-refractivity contribution in [2.75, 3.05) is 6.54 Å². The largest absolute Gasteiger partial charge is 0.264 e. The van der Waals surface area contributed by atoms with Crippen LogP contribution in [0.1, 0.15) is 0 Å². The highest BCUT2D eigenvalue weighted by Gasteiger charge is 2.07. The second-order valence-electron chi connectivity index (χ2n) is 3.66. The number of hydrogen-bond acceptors (Lipinski definition) is 3. The molecule has 84 valence electrons. The summed E-state index contributed by atoms with van der Waals surface area (Å²) in [6.07, 6.45) is 1.85. The molecule has 0 aliphatic heterocycles. The van der Waals surface area contributed by atoms with Crippen LogP contribution in [0.3, 0.4) is 0 Å². The monoisotopic (exact) mass is 243 g/mol. The number of azide groups is 1. The molecule has 0 saturated heterocycles. The molecule has 0 spiro atoms. The number of nitrogens with zero attached hydrogens (tertiary/aromatic N) is 5. The third-order valence-corrected chi connectivity index (χ3v) is 3.59. The quantitative estimate of drug-likeness (QED) is 0.394. The average molecular weight is 243 g/mol. The predicted octanol–water partition coefficient (Wildman–Crippen LogP) is 3.56. The van der Waals surface area contributed by atoms with E-state index in [-0.39, 0.29) is 0 Å². The van der Waals surface area contributed by atoms with E-state index in [0.29, 0.717) is 13.1 Å². The maximum Gasteiger partial charge on any atom is 0.0769 e. The molecule has 0 N–H and O–H groups in total. The van der Waals surface area contributed by atoms with Gasteiger partial charge < -0.3 is 0 Å². The van der Waals surface area contributed by atoms with Gasteiger partial charge in [-0.05, 0) is 29.1 Å². The minimum atomic E-state index is 0.424. The third-order valence-electron chi connectivity index (χ3n) is 2.71. The minimum Gasteiger partial charge on any atom is -0.264 e. The molecule has 5 nitrogen and oxygen atoms in total. The van der Waals surface area contributed by atoms with E-state index >= 15 is 0 Å². The Labute approximate surface area is 101 Å². The van der Waals surface area contributed by atoms with E-state index in [2.05, 4.69) is 38.7 Å². The van der Waals surface area contributed by atoms with Gasteiger partial charge in [-0.1, -0.05) is 5.11 Å². The molecule has 3 aromatic rings. The first-order valence-corrected chi connectivity index (χ1v) is 6.11. The maximum absolute atomic E-state index is 8.28. The highest BCUT2D eigenvalue weighted by atomic mass is 32.1. The van der Waals surface area contributed by atoms with E-state index in [0.717, 1.165) is 10.9 Å². The fourth-order valence-corrected chi connectivity index (χ4v) is 2.77. The fourth-order valence-electron chi connectivity index (χ4n) is 1.98. The second kappa shape index (κ2) is 4.08. The van der Waals surface area contributed by atoms with Crippen molar-refractivity contribution >= 4 is 32.3 Å². The van der Waals surface area contributed by atoms with Crippen molar-refractivity contribution in [2.24, 2.45) is 5.11 Å². The summed E-state index contributed by atoms with van der Waals surface area (Å²) in [6.45, 7) is 1.04. The van der Waals surface area contributed by atoms with Crippen LogP contribution in [0.4, 0.5) is 0 Å². The maximum atomic E-state index is 8.28. The lowest BCUT2D eigenvalue weighted by Crippen LogP contribution is -2.02. The average Bonchev–Trinajstić information content (AvgIpc) is 2.94. The molecule has 0 radical (unpaired) electrons. The number of hydrogen-bond donors (Lipinski definition) is 0. The van der Waals surface area contributed by atoms with Gasteiger partial charge in [-0.3, -0.25) is 4.68 Å². The van der Waals surface area contributed by atoms with Crippen LogP contribution in [-0.2, 0) is 6.54 Å². The number of benzene rings is 1. The molecule has 0 bridgehead atoms. The minimum absolute atomic E-state index is 0.424. The molecule has 17 heavy (non-hydrogen) atoms. The van der Waals surface area contributed by atoms with Gasteiger partial charge in [0.15, 0.2) is 0 Å². The van der Waals surface area contributed by atoms with Crippen molar-refractivity contribution < 1.29 is 0 Å². The summed E-state index contributed by atoms with van der Waals surface area (Å²) in [5, 5.41) is 12.3. The smallest absolute Gasteiger partial charge is 0.0769 e. The number of fused-ring (bicyclic) bond motifs is 3. The number of aromatic nitrogens is 2. The van der Waals surface area contributed by atoms with Crippen molar-refractivity contribution in [3.8, 4) is 0 Å². The van der Waals surface area contributed by atoms with Gasteiger partial charge >= 0.3 is 0 Å². The lowest BCUT2D eigenvalue weighted by atomic mass is 10.2. The van der Waals surface area contributed by atoms with Crippen LogP contribution in [0, 0.1) is 0 Å². The third kappa shape index (κ3) is 1.63. The van der Waals surface area contributed by atoms with E-state index in [4.69, 9.17) is 5.53 Å². The van der Waals surface area contributed by atoms with E-state index in [1.165, 1.54) is 10.1 Å². The Kier molecular flexibility index (Phi) is 2.44. The molecule has 3 rings (SSSR count). The number of thiophene rings is 1. The zero-order chi connectivity index (χ0) is 11.7. The Morgan fingerprint density at radius 2 is 2.35 bits per heavy atom. The van der Waals surface area contributed by atoms with E-state index < -0.39 is 0 Å². The number of rotatable bonds is 3. The van der Waals surface area contributed by atoms with Gasteiger partial charge in [0.25, 0.3) is 0 Å². The van der Waals surface area contributed by atoms with Crippen molar-refractivity contribution in [1.82, 2.24) is 9.78 Å². The van der Waals surface area contributed by atoms with Crippen LogP contribution in [0.25, 0.3) is 31.4 Å². The van der Waals surface area contributed by atoms with Crippen LogP contribution in [0.5, 0.6) is 0 Å².